The Balaban J connectivity index is 2.51. The van der Waals surface area contributed by atoms with Crippen LogP contribution in [0.5, 0.6) is 0 Å². The highest BCUT2D eigenvalue weighted by atomic mass is 35.5. The van der Waals surface area contributed by atoms with E-state index in [0.29, 0.717) is 0 Å². The lowest BCUT2D eigenvalue weighted by molar-refractivity contribution is 0.431. The Kier molecular flexibility index (Phi) is 6.77. The fraction of sp³-hybridized carbons (Fsp3) is 0.688. The third-order valence-electron chi connectivity index (χ3n) is 3.14. The van der Waals surface area contributed by atoms with Gasteiger partial charge in [-0.25, -0.2) is 0 Å². The van der Waals surface area contributed by atoms with Gasteiger partial charge in [0.1, 0.15) is 0 Å². The molecule has 0 aliphatic heterocycles. The van der Waals surface area contributed by atoms with E-state index < -0.39 is 0 Å². The van der Waals surface area contributed by atoms with Gasteiger partial charge in [-0.05, 0) is 47.1 Å². The van der Waals surface area contributed by atoms with Gasteiger partial charge < -0.3 is 5.32 Å². The number of nitrogens with zero attached hydrogens (tertiary/aromatic N) is 2. The van der Waals surface area contributed by atoms with Gasteiger partial charge in [0.25, 0.3) is 0 Å². The summed E-state index contributed by atoms with van der Waals surface area (Å²) in [5.41, 5.74) is 2.32. The summed E-state index contributed by atoms with van der Waals surface area (Å²) in [5, 5.41) is 8.85. The molecule has 1 aromatic heterocycles. The predicted molar refractivity (Wildman–Crippen MR) is 87.5 cm³/mol. The fourth-order valence-corrected chi connectivity index (χ4v) is 2.40. The molecule has 0 aromatic carbocycles. The topological polar surface area (TPSA) is 29.9 Å². The summed E-state index contributed by atoms with van der Waals surface area (Å²) >= 11 is 6.38. The van der Waals surface area contributed by atoms with Crippen molar-refractivity contribution in [1.29, 1.82) is 0 Å². The fourth-order valence-electron chi connectivity index (χ4n) is 2.06. The van der Waals surface area contributed by atoms with Crippen LogP contribution in [0, 0.1) is 0 Å². The van der Waals surface area contributed by atoms with E-state index in [1.807, 2.05) is 4.68 Å². The average molecular weight is 298 g/mol. The summed E-state index contributed by atoms with van der Waals surface area (Å²) in [4.78, 5) is 0. The molecule has 0 saturated carbocycles. The van der Waals surface area contributed by atoms with Crippen LogP contribution < -0.4 is 5.32 Å². The van der Waals surface area contributed by atoms with Crippen LogP contribution in [0.25, 0.3) is 0 Å². The summed E-state index contributed by atoms with van der Waals surface area (Å²) in [7, 11) is 0. The van der Waals surface area contributed by atoms with Crippen molar-refractivity contribution in [2.75, 3.05) is 6.54 Å². The van der Waals surface area contributed by atoms with Gasteiger partial charge in [0.05, 0.1) is 16.4 Å². The van der Waals surface area contributed by atoms with Crippen LogP contribution in [-0.4, -0.2) is 21.9 Å². The van der Waals surface area contributed by atoms with Crippen LogP contribution in [-0.2, 0) is 19.4 Å². The summed E-state index contributed by atoms with van der Waals surface area (Å²) in [6.45, 7) is 12.6. The molecule has 0 radical (unpaired) electrons. The van der Waals surface area contributed by atoms with Gasteiger partial charge >= 0.3 is 0 Å². The molecular formula is C16H28ClN3. The molecule has 0 aliphatic rings. The number of allylic oxidation sites excluding steroid dienone is 1. The predicted octanol–water partition coefficient (Wildman–Crippen LogP) is 4.00. The van der Waals surface area contributed by atoms with Crippen molar-refractivity contribution in [3.8, 4) is 0 Å². The number of rotatable bonds is 7. The highest BCUT2D eigenvalue weighted by Crippen LogP contribution is 2.22. The van der Waals surface area contributed by atoms with Crippen molar-refractivity contribution in [2.24, 2.45) is 0 Å². The van der Waals surface area contributed by atoms with E-state index in [2.05, 4.69) is 57.2 Å². The van der Waals surface area contributed by atoms with Crippen LogP contribution in [0.15, 0.2) is 12.2 Å². The second-order valence-electron chi connectivity index (χ2n) is 6.02. The first-order valence-corrected chi connectivity index (χ1v) is 7.91. The van der Waals surface area contributed by atoms with Gasteiger partial charge in [0.2, 0.25) is 0 Å². The van der Waals surface area contributed by atoms with Crippen molar-refractivity contribution in [2.45, 2.75) is 66.0 Å². The minimum absolute atomic E-state index is 0.188. The number of nitrogens with one attached hydrogen (secondary N) is 1. The maximum absolute atomic E-state index is 6.38. The molecule has 0 bridgehead atoms. The average Bonchev–Trinajstić information content (AvgIpc) is 2.68. The lowest BCUT2D eigenvalue weighted by atomic mass is 10.1. The summed E-state index contributed by atoms with van der Waals surface area (Å²) in [6, 6.07) is 0. The summed E-state index contributed by atoms with van der Waals surface area (Å²) < 4.78 is 2.01. The van der Waals surface area contributed by atoms with Crippen molar-refractivity contribution in [1.82, 2.24) is 15.1 Å². The van der Waals surface area contributed by atoms with E-state index in [1.165, 1.54) is 0 Å². The quantitative estimate of drug-likeness (QED) is 0.609. The summed E-state index contributed by atoms with van der Waals surface area (Å²) in [6.07, 6.45) is 7.19. The van der Waals surface area contributed by atoms with Gasteiger partial charge in [0, 0.05) is 18.5 Å². The molecule has 1 N–H and O–H groups in total. The third kappa shape index (κ3) is 5.29. The monoisotopic (exact) mass is 297 g/mol. The Morgan fingerprint density at radius 3 is 2.50 bits per heavy atom. The number of halogens is 1. The molecule has 4 heteroatoms. The Morgan fingerprint density at radius 2 is 1.95 bits per heavy atom. The molecule has 20 heavy (non-hydrogen) atoms. The van der Waals surface area contributed by atoms with Gasteiger partial charge in [-0.1, -0.05) is 30.7 Å². The Hall–Kier alpha value is -0.800. The van der Waals surface area contributed by atoms with Crippen molar-refractivity contribution >= 4 is 11.6 Å². The van der Waals surface area contributed by atoms with Crippen LogP contribution in [0.2, 0.25) is 5.02 Å². The molecule has 3 nitrogen and oxygen atoms in total. The minimum atomic E-state index is 0.188. The highest BCUT2D eigenvalue weighted by molar-refractivity contribution is 6.31. The number of hydrogen-bond donors (Lipinski definition) is 1. The first kappa shape index (κ1) is 17.3. The van der Waals surface area contributed by atoms with Gasteiger partial charge in [0.15, 0.2) is 0 Å². The second-order valence-corrected chi connectivity index (χ2v) is 6.40. The first-order chi connectivity index (χ1) is 9.39. The molecule has 1 aromatic rings. The Labute approximate surface area is 128 Å². The van der Waals surface area contributed by atoms with Crippen LogP contribution in [0.4, 0.5) is 0 Å². The molecule has 0 spiro atoms. The van der Waals surface area contributed by atoms with Crippen LogP contribution in [0.3, 0.4) is 0 Å². The van der Waals surface area contributed by atoms with Crippen molar-refractivity contribution in [3.05, 3.63) is 28.6 Å². The maximum Gasteiger partial charge on any atom is 0.0853 e. The molecule has 0 amide bonds. The van der Waals surface area contributed by atoms with E-state index in [0.717, 1.165) is 48.8 Å². The molecular weight excluding hydrogens is 270 g/mol. The zero-order chi connectivity index (χ0) is 15.2. The van der Waals surface area contributed by atoms with E-state index in [-0.39, 0.29) is 5.54 Å². The Bertz CT molecular complexity index is 441. The second kappa shape index (κ2) is 7.84. The standard InChI is InChI=1S/C16H28ClN3/c1-6-13-15(17)14(20(7-2)19-13)11-9-8-10-12-18-16(3,4)5/h8-9,18H,6-7,10-12H2,1-5H3. The number of aryl methyl sites for hydroxylation is 2. The molecule has 0 unspecified atom stereocenters. The SMILES string of the molecule is CCc1nn(CC)c(CC=CCCNC(C)(C)C)c1Cl. The number of aromatic nitrogens is 2. The van der Waals surface area contributed by atoms with E-state index >= 15 is 0 Å². The third-order valence-corrected chi connectivity index (χ3v) is 3.57. The molecule has 0 fully saturated rings. The largest absolute Gasteiger partial charge is 0.312 e. The number of hydrogen-bond acceptors (Lipinski definition) is 2. The zero-order valence-electron chi connectivity index (χ0n) is 13.5. The van der Waals surface area contributed by atoms with E-state index in [4.69, 9.17) is 11.6 Å². The summed E-state index contributed by atoms with van der Waals surface area (Å²) in [5.74, 6) is 0. The van der Waals surface area contributed by atoms with Crippen molar-refractivity contribution in [3.63, 3.8) is 0 Å². The highest BCUT2D eigenvalue weighted by Gasteiger charge is 2.12. The van der Waals surface area contributed by atoms with Crippen LogP contribution >= 0.6 is 11.6 Å². The van der Waals surface area contributed by atoms with E-state index in [9.17, 15) is 0 Å². The van der Waals surface area contributed by atoms with Gasteiger partial charge in [-0.3, -0.25) is 4.68 Å². The van der Waals surface area contributed by atoms with Gasteiger partial charge in [-0.15, -0.1) is 0 Å². The smallest absolute Gasteiger partial charge is 0.0853 e. The molecule has 1 rings (SSSR count). The van der Waals surface area contributed by atoms with Crippen molar-refractivity contribution < 1.29 is 0 Å². The molecule has 0 aliphatic carbocycles. The maximum atomic E-state index is 6.38. The lowest BCUT2D eigenvalue weighted by Crippen LogP contribution is -2.36. The van der Waals surface area contributed by atoms with E-state index in [1.54, 1.807) is 0 Å². The normalized spacial score (nSPS) is 12.5. The Morgan fingerprint density at radius 1 is 1.25 bits per heavy atom. The molecule has 114 valence electrons. The van der Waals surface area contributed by atoms with Crippen LogP contribution in [0.1, 0.15) is 52.4 Å². The molecule has 0 saturated heterocycles. The molecule has 1 heterocycles. The zero-order valence-corrected chi connectivity index (χ0v) is 14.2. The lowest BCUT2D eigenvalue weighted by Gasteiger charge is -2.19. The minimum Gasteiger partial charge on any atom is -0.312 e. The first-order valence-electron chi connectivity index (χ1n) is 7.53. The van der Waals surface area contributed by atoms with Gasteiger partial charge in [-0.2, -0.15) is 5.10 Å². The molecule has 0 atom stereocenters.